The first-order valence-electron chi connectivity index (χ1n) is 10.6. The van der Waals surface area contributed by atoms with Crippen molar-refractivity contribution in [1.82, 2.24) is 14.5 Å². The Bertz CT molecular complexity index is 1200. The first-order valence-corrected chi connectivity index (χ1v) is 10.6. The molecule has 1 amide bonds. The Hall–Kier alpha value is -3.52. The number of aromatic nitrogens is 2. The number of nitrogens with zero attached hydrogens (tertiary/aromatic N) is 4. The van der Waals surface area contributed by atoms with Crippen molar-refractivity contribution in [3.8, 4) is 11.1 Å². The molecule has 0 saturated heterocycles. The third-order valence-electron chi connectivity index (χ3n) is 6.01. The van der Waals surface area contributed by atoms with Crippen LogP contribution < -0.4 is 5.73 Å². The van der Waals surface area contributed by atoms with Crippen LogP contribution in [0.4, 0.5) is 4.39 Å². The van der Waals surface area contributed by atoms with Crippen molar-refractivity contribution >= 4 is 11.9 Å². The predicted octanol–water partition coefficient (Wildman–Crippen LogP) is 3.18. The van der Waals surface area contributed by atoms with E-state index in [0.29, 0.717) is 40.9 Å². The molecule has 3 heterocycles. The summed E-state index contributed by atoms with van der Waals surface area (Å²) in [5.41, 5.74) is 7.41. The van der Waals surface area contributed by atoms with Crippen molar-refractivity contribution in [3.05, 3.63) is 77.6 Å². The number of carbonyl (C=O) groups is 1. The van der Waals surface area contributed by atoms with Gasteiger partial charge in [-0.25, -0.2) is 9.98 Å². The Morgan fingerprint density at radius 3 is 2.59 bits per heavy atom. The highest BCUT2D eigenvalue weighted by Crippen LogP contribution is 2.42. The van der Waals surface area contributed by atoms with Crippen LogP contribution in [0.25, 0.3) is 11.1 Å². The molecular formula is C24H26FN5O2. The summed E-state index contributed by atoms with van der Waals surface area (Å²) in [6.45, 7) is 4.48. The van der Waals surface area contributed by atoms with E-state index in [4.69, 9.17) is 5.73 Å². The molecule has 0 saturated carbocycles. The molecule has 0 aliphatic carbocycles. The Morgan fingerprint density at radius 1 is 1.19 bits per heavy atom. The fourth-order valence-electron chi connectivity index (χ4n) is 4.19. The lowest BCUT2D eigenvalue weighted by molar-refractivity contribution is -0.129. The molecule has 166 valence electrons. The predicted molar refractivity (Wildman–Crippen MR) is 120 cm³/mol. The van der Waals surface area contributed by atoms with Gasteiger partial charge >= 0.3 is 0 Å². The number of hydrogen-bond donors (Lipinski definition) is 2. The van der Waals surface area contributed by atoms with Crippen LogP contribution in [0.5, 0.6) is 0 Å². The molecule has 1 aliphatic rings. The van der Waals surface area contributed by atoms with Gasteiger partial charge in [-0.3, -0.25) is 9.69 Å². The number of aryl methyl sites for hydroxylation is 1. The summed E-state index contributed by atoms with van der Waals surface area (Å²) >= 11 is 0. The second-order valence-corrected chi connectivity index (χ2v) is 7.83. The minimum atomic E-state index is -1.43. The van der Waals surface area contributed by atoms with E-state index in [1.165, 1.54) is 11.1 Å². The fraction of sp³-hybridized carbons (Fsp3) is 0.292. The minimum absolute atomic E-state index is 0.0924. The van der Waals surface area contributed by atoms with Crippen LogP contribution in [-0.4, -0.2) is 38.5 Å². The van der Waals surface area contributed by atoms with Crippen molar-refractivity contribution in [2.45, 2.75) is 38.5 Å². The zero-order chi connectivity index (χ0) is 23.0. The van der Waals surface area contributed by atoms with Gasteiger partial charge < -0.3 is 15.4 Å². The highest BCUT2D eigenvalue weighted by Gasteiger charge is 2.50. The maximum atomic E-state index is 14.4. The van der Waals surface area contributed by atoms with E-state index < -0.39 is 17.6 Å². The van der Waals surface area contributed by atoms with Gasteiger partial charge in [0.25, 0.3) is 5.91 Å². The second kappa shape index (κ2) is 8.20. The van der Waals surface area contributed by atoms with E-state index in [-0.39, 0.29) is 11.9 Å². The Morgan fingerprint density at radius 2 is 1.97 bits per heavy atom. The number of guanidine groups is 1. The summed E-state index contributed by atoms with van der Waals surface area (Å²) < 4.78 is 16.3. The highest BCUT2D eigenvalue weighted by molar-refractivity contribution is 6.09. The Kier molecular flexibility index (Phi) is 5.56. The molecule has 3 aromatic rings. The lowest BCUT2D eigenvalue weighted by atomic mass is 9.83. The summed E-state index contributed by atoms with van der Waals surface area (Å²) in [4.78, 5) is 23.2. The van der Waals surface area contributed by atoms with E-state index >= 15 is 0 Å². The molecular weight excluding hydrogens is 409 g/mol. The summed E-state index contributed by atoms with van der Waals surface area (Å²) in [7, 11) is 1.58. The zero-order valence-electron chi connectivity index (χ0n) is 18.3. The first-order chi connectivity index (χ1) is 15.3. The van der Waals surface area contributed by atoms with E-state index in [1.807, 2.05) is 30.7 Å². The van der Waals surface area contributed by atoms with Gasteiger partial charge in [0.2, 0.25) is 5.95 Å². The average molecular weight is 436 g/mol. The lowest BCUT2D eigenvalue weighted by Crippen LogP contribution is -2.41. The maximum absolute atomic E-state index is 14.4. The van der Waals surface area contributed by atoms with Gasteiger partial charge in [-0.05, 0) is 48.7 Å². The van der Waals surface area contributed by atoms with Crippen LogP contribution in [0.3, 0.4) is 0 Å². The molecule has 0 bridgehead atoms. The summed E-state index contributed by atoms with van der Waals surface area (Å²) in [5.74, 6) is -0.818. The molecule has 32 heavy (non-hydrogen) atoms. The molecule has 4 rings (SSSR count). The molecule has 2 atom stereocenters. The van der Waals surface area contributed by atoms with Gasteiger partial charge in [0.1, 0.15) is 0 Å². The maximum Gasteiger partial charge on any atom is 0.266 e. The molecule has 7 nitrogen and oxygen atoms in total. The molecule has 0 spiro atoms. The number of hydrogen-bond acceptors (Lipinski definition) is 5. The average Bonchev–Trinajstić information content (AvgIpc) is 3.34. The number of aliphatic hydroxyl groups is 1. The van der Waals surface area contributed by atoms with Gasteiger partial charge in [0.15, 0.2) is 11.5 Å². The largest absolute Gasteiger partial charge is 0.387 e. The standard InChI is InChI=1S/C24H26FN5O2/c1-4-20(31)19-13-17(14-30(19)5-2)24(22(32)29(3)23(26)28-24)16-9-6-8-15(12-16)18-10-7-11-27-21(18)25/h6-14,20,31H,4-5H2,1-3H3,(H2,26,28). The van der Waals surface area contributed by atoms with Crippen LogP contribution in [0.2, 0.25) is 0 Å². The molecule has 2 unspecified atom stereocenters. The SMILES string of the molecule is CCC(O)c1cc(C2(c3cccc(-c4cccnc4F)c3)N=C(N)N(C)C2=O)cn1CC. The number of aliphatic imine (C=N–C) groups is 1. The number of aliphatic hydroxyl groups excluding tert-OH is 1. The topological polar surface area (TPSA) is 96.7 Å². The molecule has 2 aromatic heterocycles. The lowest BCUT2D eigenvalue weighted by Gasteiger charge is -2.25. The zero-order valence-corrected chi connectivity index (χ0v) is 18.3. The van der Waals surface area contributed by atoms with Crippen LogP contribution in [-0.2, 0) is 16.9 Å². The third-order valence-corrected chi connectivity index (χ3v) is 6.01. The van der Waals surface area contributed by atoms with Gasteiger partial charge in [0.05, 0.1) is 6.10 Å². The second-order valence-electron chi connectivity index (χ2n) is 7.83. The Labute approximate surface area is 186 Å². The Balaban J connectivity index is 1.95. The number of likely N-dealkylation sites (N-methyl/N-ethyl adjacent to an activating group) is 1. The number of amides is 1. The smallest absolute Gasteiger partial charge is 0.266 e. The van der Waals surface area contributed by atoms with E-state index in [0.717, 1.165) is 0 Å². The number of carbonyl (C=O) groups excluding carboxylic acids is 1. The number of rotatable bonds is 6. The molecule has 1 aromatic carbocycles. The van der Waals surface area contributed by atoms with Crippen molar-refractivity contribution in [2.75, 3.05) is 7.05 Å². The van der Waals surface area contributed by atoms with E-state index in [9.17, 15) is 14.3 Å². The first kappa shape index (κ1) is 21.7. The van der Waals surface area contributed by atoms with Gasteiger partial charge in [-0.1, -0.05) is 25.1 Å². The summed E-state index contributed by atoms with van der Waals surface area (Å²) in [6, 6.07) is 12.1. The monoisotopic (exact) mass is 435 g/mol. The minimum Gasteiger partial charge on any atom is -0.387 e. The number of benzene rings is 1. The van der Waals surface area contributed by atoms with Gasteiger partial charge in [-0.2, -0.15) is 4.39 Å². The quantitative estimate of drug-likeness (QED) is 0.581. The van der Waals surface area contributed by atoms with Crippen LogP contribution in [0.1, 0.15) is 43.2 Å². The molecule has 0 fully saturated rings. The summed E-state index contributed by atoms with van der Waals surface area (Å²) in [6.07, 6.45) is 3.08. The number of halogens is 1. The molecule has 1 aliphatic heterocycles. The normalized spacial score (nSPS) is 19.3. The van der Waals surface area contributed by atoms with Crippen molar-refractivity contribution in [3.63, 3.8) is 0 Å². The van der Waals surface area contributed by atoms with Gasteiger partial charge in [-0.15, -0.1) is 0 Å². The summed E-state index contributed by atoms with van der Waals surface area (Å²) in [5, 5.41) is 10.5. The molecule has 3 N–H and O–H groups in total. The van der Waals surface area contributed by atoms with Crippen molar-refractivity contribution in [1.29, 1.82) is 0 Å². The number of nitrogens with two attached hydrogens (primary N) is 1. The van der Waals surface area contributed by atoms with Crippen LogP contribution in [0.15, 0.2) is 59.9 Å². The van der Waals surface area contributed by atoms with Gasteiger partial charge in [0, 0.05) is 42.8 Å². The molecule has 8 heteroatoms. The number of pyridine rings is 1. The highest BCUT2D eigenvalue weighted by atomic mass is 19.1. The van der Waals surface area contributed by atoms with Crippen LogP contribution in [0, 0.1) is 5.95 Å². The third kappa shape index (κ3) is 3.27. The fourth-order valence-corrected chi connectivity index (χ4v) is 4.19. The van der Waals surface area contributed by atoms with Crippen molar-refractivity contribution in [2.24, 2.45) is 10.7 Å². The molecule has 0 radical (unpaired) electrons. The van der Waals surface area contributed by atoms with Crippen LogP contribution >= 0.6 is 0 Å². The van der Waals surface area contributed by atoms with Crippen molar-refractivity contribution < 1.29 is 14.3 Å². The van der Waals surface area contributed by atoms with E-state index in [2.05, 4.69) is 9.98 Å². The van der Waals surface area contributed by atoms with E-state index in [1.54, 1.807) is 43.4 Å².